The van der Waals surface area contributed by atoms with E-state index in [2.05, 4.69) is 51.8 Å². The van der Waals surface area contributed by atoms with E-state index in [-0.39, 0.29) is 0 Å². The van der Waals surface area contributed by atoms with E-state index in [1.807, 2.05) is 13.2 Å². The molecular formula is C13H24BrN3. The lowest BCUT2D eigenvalue weighted by Crippen LogP contribution is -2.21. The van der Waals surface area contributed by atoms with E-state index in [1.165, 1.54) is 31.4 Å². The van der Waals surface area contributed by atoms with Crippen molar-refractivity contribution in [3.63, 3.8) is 0 Å². The van der Waals surface area contributed by atoms with Crippen LogP contribution in [0.3, 0.4) is 0 Å². The van der Waals surface area contributed by atoms with E-state index in [1.54, 1.807) is 0 Å². The molecule has 98 valence electrons. The highest BCUT2D eigenvalue weighted by atomic mass is 79.9. The maximum Gasteiger partial charge on any atom is 0.0698 e. The number of hydrogen-bond donors (Lipinski definition) is 1. The van der Waals surface area contributed by atoms with Crippen molar-refractivity contribution in [2.24, 2.45) is 0 Å². The Bertz CT molecular complexity index is 333. The maximum atomic E-state index is 4.44. The van der Waals surface area contributed by atoms with Crippen molar-refractivity contribution in [1.82, 2.24) is 15.1 Å². The summed E-state index contributed by atoms with van der Waals surface area (Å²) in [5, 5.41) is 7.85. The van der Waals surface area contributed by atoms with Crippen molar-refractivity contribution in [2.45, 2.75) is 58.5 Å². The molecule has 0 aromatic carbocycles. The van der Waals surface area contributed by atoms with Gasteiger partial charge in [-0.05, 0) is 43.2 Å². The molecule has 0 radical (unpaired) electrons. The van der Waals surface area contributed by atoms with Gasteiger partial charge in [0.25, 0.3) is 0 Å². The van der Waals surface area contributed by atoms with Crippen molar-refractivity contribution in [2.75, 3.05) is 7.05 Å². The molecule has 0 aliphatic heterocycles. The summed E-state index contributed by atoms with van der Waals surface area (Å²) in [6.45, 7) is 6.58. The molecule has 0 saturated carbocycles. The van der Waals surface area contributed by atoms with Crippen molar-refractivity contribution < 1.29 is 0 Å². The Balaban J connectivity index is 2.82. The van der Waals surface area contributed by atoms with E-state index >= 15 is 0 Å². The third-order valence-electron chi connectivity index (χ3n) is 3.05. The standard InChI is InChI=1S/C13H24BrN3/c1-5-6-7-8-12(15-4)13-11(14)9-16-17(13)10(2)3/h9-10,12,15H,5-8H2,1-4H3. The summed E-state index contributed by atoms with van der Waals surface area (Å²) in [4.78, 5) is 0. The monoisotopic (exact) mass is 301 g/mol. The molecule has 1 N–H and O–H groups in total. The molecule has 0 fully saturated rings. The molecule has 0 bridgehead atoms. The maximum absolute atomic E-state index is 4.44. The zero-order chi connectivity index (χ0) is 12.8. The van der Waals surface area contributed by atoms with Crippen LogP contribution in [0.1, 0.15) is 64.2 Å². The van der Waals surface area contributed by atoms with Crippen LogP contribution in [0.2, 0.25) is 0 Å². The number of unbranched alkanes of at least 4 members (excludes halogenated alkanes) is 2. The Morgan fingerprint density at radius 2 is 2.12 bits per heavy atom. The second kappa shape index (κ2) is 7.17. The van der Waals surface area contributed by atoms with Crippen LogP contribution in [-0.2, 0) is 0 Å². The molecule has 1 atom stereocenters. The molecule has 3 nitrogen and oxygen atoms in total. The third-order valence-corrected chi connectivity index (χ3v) is 3.66. The van der Waals surface area contributed by atoms with Gasteiger partial charge in [-0.3, -0.25) is 4.68 Å². The van der Waals surface area contributed by atoms with Crippen LogP contribution in [0.15, 0.2) is 10.7 Å². The molecule has 1 unspecified atom stereocenters. The molecule has 0 saturated heterocycles. The van der Waals surface area contributed by atoms with Gasteiger partial charge in [0.1, 0.15) is 0 Å². The van der Waals surface area contributed by atoms with Gasteiger partial charge in [-0.25, -0.2) is 0 Å². The van der Waals surface area contributed by atoms with Gasteiger partial charge in [0.15, 0.2) is 0 Å². The first-order valence-electron chi connectivity index (χ1n) is 6.52. The first-order valence-corrected chi connectivity index (χ1v) is 7.31. The highest BCUT2D eigenvalue weighted by Crippen LogP contribution is 2.28. The fourth-order valence-corrected chi connectivity index (χ4v) is 2.65. The molecule has 1 aromatic heterocycles. The normalized spacial score (nSPS) is 13.3. The second-order valence-corrected chi connectivity index (χ2v) is 5.61. The largest absolute Gasteiger partial charge is 0.312 e. The van der Waals surface area contributed by atoms with Gasteiger partial charge in [0, 0.05) is 6.04 Å². The van der Waals surface area contributed by atoms with Crippen LogP contribution in [-0.4, -0.2) is 16.8 Å². The van der Waals surface area contributed by atoms with Crippen LogP contribution >= 0.6 is 15.9 Å². The summed E-state index contributed by atoms with van der Waals surface area (Å²) in [6, 6.07) is 0.791. The summed E-state index contributed by atoms with van der Waals surface area (Å²) in [5.41, 5.74) is 1.28. The van der Waals surface area contributed by atoms with Crippen LogP contribution < -0.4 is 5.32 Å². The number of hydrogen-bond acceptors (Lipinski definition) is 2. The van der Waals surface area contributed by atoms with Crippen LogP contribution in [0, 0.1) is 0 Å². The summed E-state index contributed by atoms with van der Waals surface area (Å²) in [5.74, 6) is 0. The topological polar surface area (TPSA) is 29.9 Å². The zero-order valence-corrected chi connectivity index (χ0v) is 12.9. The van der Waals surface area contributed by atoms with Gasteiger partial charge in [-0.2, -0.15) is 5.10 Å². The number of halogens is 1. The average Bonchev–Trinajstić information content (AvgIpc) is 2.67. The van der Waals surface area contributed by atoms with Gasteiger partial charge < -0.3 is 5.32 Å². The quantitative estimate of drug-likeness (QED) is 0.770. The average molecular weight is 302 g/mol. The van der Waals surface area contributed by atoms with Crippen molar-refractivity contribution in [3.05, 3.63) is 16.4 Å². The lowest BCUT2D eigenvalue weighted by molar-refractivity contribution is 0.434. The SMILES string of the molecule is CCCCCC(NC)c1c(Br)cnn1C(C)C. The minimum atomic E-state index is 0.390. The molecule has 0 amide bonds. The summed E-state index contributed by atoms with van der Waals surface area (Å²) in [7, 11) is 2.03. The second-order valence-electron chi connectivity index (χ2n) is 4.75. The predicted octanol–water partition coefficient (Wildman–Crippen LogP) is 4.07. The van der Waals surface area contributed by atoms with Crippen molar-refractivity contribution in [3.8, 4) is 0 Å². The zero-order valence-electron chi connectivity index (χ0n) is 11.3. The lowest BCUT2D eigenvalue weighted by atomic mass is 10.1. The number of nitrogens with zero attached hydrogens (tertiary/aromatic N) is 2. The van der Waals surface area contributed by atoms with Gasteiger partial charge >= 0.3 is 0 Å². The van der Waals surface area contributed by atoms with Crippen molar-refractivity contribution in [1.29, 1.82) is 0 Å². The van der Waals surface area contributed by atoms with E-state index in [0.29, 0.717) is 12.1 Å². The number of rotatable bonds is 7. The molecule has 0 spiro atoms. The fraction of sp³-hybridized carbons (Fsp3) is 0.769. The van der Waals surface area contributed by atoms with Crippen molar-refractivity contribution >= 4 is 15.9 Å². The third kappa shape index (κ3) is 3.81. The minimum absolute atomic E-state index is 0.390. The molecule has 1 rings (SSSR count). The Morgan fingerprint density at radius 1 is 1.41 bits per heavy atom. The smallest absolute Gasteiger partial charge is 0.0698 e. The Morgan fingerprint density at radius 3 is 2.65 bits per heavy atom. The Kier molecular flexibility index (Phi) is 6.20. The highest BCUT2D eigenvalue weighted by molar-refractivity contribution is 9.10. The molecule has 17 heavy (non-hydrogen) atoms. The lowest BCUT2D eigenvalue weighted by Gasteiger charge is -2.20. The molecular weight excluding hydrogens is 278 g/mol. The predicted molar refractivity (Wildman–Crippen MR) is 76.3 cm³/mol. The molecule has 4 heteroatoms. The van der Waals surface area contributed by atoms with Gasteiger partial charge in [-0.15, -0.1) is 0 Å². The summed E-state index contributed by atoms with van der Waals surface area (Å²) >= 11 is 3.61. The Labute approximate surface area is 113 Å². The van der Waals surface area contributed by atoms with Crippen LogP contribution in [0.4, 0.5) is 0 Å². The molecule has 0 aliphatic rings. The van der Waals surface area contributed by atoms with Crippen LogP contribution in [0.5, 0.6) is 0 Å². The minimum Gasteiger partial charge on any atom is -0.312 e. The van der Waals surface area contributed by atoms with E-state index < -0.39 is 0 Å². The first kappa shape index (κ1) is 14.7. The molecule has 1 heterocycles. The highest BCUT2D eigenvalue weighted by Gasteiger charge is 2.19. The fourth-order valence-electron chi connectivity index (χ4n) is 2.10. The van der Waals surface area contributed by atoms with Crippen LogP contribution in [0.25, 0.3) is 0 Å². The van der Waals surface area contributed by atoms with E-state index in [4.69, 9.17) is 0 Å². The molecule has 1 aromatic rings. The summed E-state index contributed by atoms with van der Waals surface area (Å²) in [6.07, 6.45) is 6.89. The summed E-state index contributed by atoms with van der Waals surface area (Å²) < 4.78 is 3.22. The van der Waals surface area contributed by atoms with Gasteiger partial charge in [0.2, 0.25) is 0 Å². The number of nitrogens with one attached hydrogen (secondary N) is 1. The van der Waals surface area contributed by atoms with E-state index in [0.717, 1.165) is 4.47 Å². The van der Waals surface area contributed by atoms with Gasteiger partial charge in [0.05, 0.1) is 22.4 Å². The van der Waals surface area contributed by atoms with E-state index in [9.17, 15) is 0 Å². The van der Waals surface area contributed by atoms with Gasteiger partial charge in [-0.1, -0.05) is 26.2 Å². The Hall–Kier alpha value is -0.350. The number of aromatic nitrogens is 2. The first-order chi connectivity index (χ1) is 8.11. The molecule has 0 aliphatic carbocycles.